The Morgan fingerprint density at radius 2 is 1.93 bits per heavy atom. The van der Waals surface area contributed by atoms with Gasteiger partial charge >= 0.3 is 0 Å². The molecule has 3 aromatic rings. The standard InChI is InChI=1S/C19H21F2N7O/c1-12(19(29)25-16-9-13(20)3-4-15(16)21)27-5-7-28(8-6-27)18-14-10-24-26(2)17(14)22-11-23-18/h3-4,9-12H,5-8H2,1-2H3,(H,25,29)/t12-/m0/s1. The van der Waals surface area contributed by atoms with Gasteiger partial charge in [0, 0.05) is 39.3 Å². The number of piperazine rings is 1. The van der Waals surface area contributed by atoms with Crippen molar-refractivity contribution in [1.29, 1.82) is 0 Å². The van der Waals surface area contributed by atoms with E-state index in [4.69, 9.17) is 0 Å². The molecule has 1 amide bonds. The Hall–Kier alpha value is -3.14. The Kier molecular flexibility index (Phi) is 5.10. The lowest BCUT2D eigenvalue weighted by molar-refractivity contribution is -0.120. The fourth-order valence-electron chi connectivity index (χ4n) is 3.52. The molecule has 1 saturated heterocycles. The van der Waals surface area contributed by atoms with E-state index in [1.165, 1.54) is 6.33 Å². The van der Waals surface area contributed by atoms with Crippen LogP contribution < -0.4 is 10.2 Å². The van der Waals surface area contributed by atoms with Crippen molar-refractivity contribution in [3.05, 3.63) is 42.4 Å². The van der Waals surface area contributed by atoms with Gasteiger partial charge in [0.2, 0.25) is 5.91 Å². The highest BCUT2D eigenvalue weighted by molar-refractivity contribution is 5.94. The average molecular weight is 401 g/mol. The summed E-state index contributed by atoms with van der Waals surface area (Å²) in [6.45, 7) is 4.37. The maximum Gasteiger partial charge on any atom is 0.241 e. The van der Waals surface area contributed by atoms with Crippen LogP contribution in [0.5, 0.6) is 0 Å². The van der Waals surface area contributed by atoms with Gasteiger partial charge in [0.25, 0.3) is 0 Å². The van der Waals surface area contributed by atoms with Gasteiger partial charge in [-0.05, 0) is 19.1 Å². The molecule has 10 heteroatoms. The van der Waals surface area contributed by atoms with Crippen LogP contribution in [-0.4, -0.2) is 62.8 Å². The van der Waals surface area contributed by atoms with Crippen LogP contribution in [0.25, 0.3) is 11.0 Å². The molecule has 0 saturated carbocycles. The second kappa shape index (κ2) is 7.70. The predicted molar refractivity (Wildman–Crippen MR) is 105 cm³/mol. The van der Waals surface area contributed by atoms with Gasteiger partial charge < -0.3 is 10.2 Å². The molecule has 1 aliphatic heterocycles. The van der Waals surface area contributed by atoms with Crippen LogP contribution in [-0.2, 0) is 11.8 Å². The Morgan fingerprint density at radius 1 is 1.17 bits per heavy atom. The van der Waals surface area contributed by atoms with Gasteiger partial charge in [-0.15, -0.1) is 0 Å². The normalized spacial score (nSPS) is 16.2. The average Bonchev–Trinajstić information content (AvgIpc) is 3.11. The van der Waals surface area contributed by atoms with E-state index < -0.39 is 17.7 Å². The molecule has 0 unspecified atom stereocenters. The number of fused-ring (bicyclic) bond motifs is 1. The van der Waals surface area contributed by atoms with Crippen LogP contribution >= 0.6 is 0 Å². The highest BCUT2D eigenvalue weighted by Gasteiger charge is 2.27. The van der Waals surface area contributed by atoms with Gasteiger partial charge in [-0.1, -0.05) is 0 Å². The van der Waals surface area contributed by atoms with Crippen LogP contribution in [0, 0.1) is 11.6 Å². The number of nitrogens with one attached hydrogen (secondary N) is 1. The first-order valence-electron chi connectivity index (χ1n) is 9.31. The Morgan fingerprint density at radius 3 is 2.69 bits per heavy atom. The van der Waals surface area contributed by atoms with E-state index >= 15 is 0 Å². The molecule has 1 N–H and O–H groups in total. The monoisotopic (exact) mass is 401 g/mol. The second-order valence-corrected chi connectivity index (χ2v) is 7.02. The van der Waals surface area contributed by atoms with Crippen LogP contribution in [0.2, 0.25) is 0 Å². The van der Waals surface area contributed by atoms with Gasteiger partial charge in [0.1, 0.15) is 23.8 Å². The predicted octanol–water partition coefficient (Wildman–Crippen LogP) is 1.79. The zero-order chi connectivity index (χ0) is 20.5. The molecule has 29 heavy (non-hydrogen) atoms. The fraction of sp³-hybridized carbons (Fsp3) is 0.368. The van der Waals surface area contributed by atoms with Crippen molar-refractivity contribution in [3.8, 4) is 0 Å². The Labute approximate surface area is 166 Å². The third-order valence-corrected chi connectivity index (χ3v) is 5.24. The minimum absolute atomic E-state index is 0.152. The number of carbonyl (C=O) groups is 1. The fourth-order valence-corrected chi connectivity index (χ4v) is 3.52. The summed E-state index contributed by atoms with van der Waals surface area (Å²) in [6, 6.07) is 2.50. The number of nitrogens with zero attached hydrogens (tertiary/aromatic N) is 6. The number of hydrogen-bond donors (Lipinski definition) is 1. The van der Waals surface area contributed by atoms with Gasteiger partial charge in [0.15, 0.2) is 5.65 Å². The van der Waals surface area contributed by atoms with Crippen molar-refractivity contribution < 1.29 is 13.6 Å². The number of amides is 1. The Balaban J connectivity index is 1.41. The zero-order valence-corrected chi connectivity index (χ0v) is 16.1. The molecule has 0 bridgehead atoms. The quantitative estimate of drug-likeness (QED) is 0.718. The lowest BCUT2D eigenvalue weighted by Gasteiger charge is -2.38. The molecule has 0 radical (unpaired) electrons. The lowest BCUT2D eigenvalue weighted by atomic mass is 10.2. The van der Waals surface area contributed by atoms with E-state index in [0.717, 1.165) is 35.1 Å². The van der Waals surface area contributed by atoms with E-state index in [1.54, 1.807) is 17.8 Å². The second-order valence-electron chi connectivity index (χ2n) is 7.02. The molecule has 152 valence electrons. The van der Waals surface area contributed by atoms with Crippen molar-refractivity contribution in [3.63, 3.8) is 0 Å². The van der Waals surface area contributed by atoms with Gasteiger partial charge in [-0.3, -0.25) is 14.4 Å². The maximum atomic E-state index is 13.8. The van der Waals surface area contributed by atoms with Crippen LogP contribution in [0.3, 0.4) is 0 Å². The topological polar surface area (TPSA) is 79.2 Å². The summed E-state index contributed by atoms with van der Waals surface area (Å²) in [6.07, 6.45) is 3.27. The number of halogens is 2. The summed E-state index contributed by atoms with van der Waals surface area (Å²) in [5, 5.41) is 7.60. The van der Waals surface area contributed by atoms with Crippen molar-refractivity contribution in [2.24, 2.45) is 7.05 Å². The van der Waals surface area contributed by atoms with Gasteiger partial charge in [-0.25, -0.2) is 18.7 Å². The Bertz CT molecular complexity index is 1050. The van der Waals surface area contributed by atoms with Crippen molar-refractivity contribution in [2.75, 3.05) is 36.4 Å². The molecule has 1 atom stereocenters. The van der Waals surface area contributed by atoms with E-state index in [1.807, 2.05) is 11.9 Å². The van der Waals surface area contributed by atoms with E-state index in [9.17, 15) is 13.6 Å². The zero-order valence-electron chi connectivity index (χ0n) is 16.1. The number of anilines is 2. The van der Waals surface area contributed by atoms with E-state index in [0.29, 0.717) is 26.2 Å². The van der Waals surface area contributed by atoms with Crippen molar-refractivity contribution >= 4 is 28.4 Å². The number of carbonyl (C=O) groups excluding carboxylic acids is 1. The first-order valence-corrected chi connectivity index (χ1v) is 9.31. The number of hydrogen-bond acceptors (Lipinski definition) is 6. The van der Waals surface area contributed by atoms with Crippen LogP contribution in [0.1, 0.15) is 6.92 Å². The lowest BCUT2D eigenvalue weighted by Crippen LogP contribution is -2.53. The molecule has 1 fully saturated rings. The first kappa shape index (κ1) is 19.2. The minimum atomic E-state index is -0.666. The SMILES string of the molecule is C[C@@H](C(=O)Nc1cc(F)ccc1F)N1CCN(c2ncnc3c2cnn3C)CC1. The molecular weight excluding hydrogens is 380 g/mol. The molecule has 0 aliphatic carbocycles. The molecular formula is C19H21F2N7O. The van der Waals surface area contributed by atoms with Gasteiger partial charge in [0.05, 0.1) is 23.3 Å². The van der Waals surface area contributed by atoms with Crippen molar-refractivity contribution in [2.45, 2.75) is 13.0 Å². The molecule has 2 aromatic heterocycles. The highest BCUT2D eigenvalue weighted by atomic mass is 19.1. The molecule has 8 nitrogen and oxygen atoms in total. The molecule has 3 heterocycles. The molecule has 0 spiro atoms. The third kappa shape index (κ3) is 3.75. The summed E-state index contributed by atoms with van der Waals surface area (Å²) in [5.74, 6) is -0.822. The largest absolute Gasteiger partial charge is 0.353 e. The summed E-state index contributed by atoms with van der Waals surface area (Å²) in [4.78, 5) is 25.3. The number of rotatable bonds is 4. The van der Waals surface area contributed by atoms with E-state index in [2.05, 4.69) is 25.3 Å². The first-order chi connectivity index (χ1) is 13.9. The highest BCUT2D eigenvalue weighted by Crippen LogP contribution is 2.24. The summed E-state index contributed by atoms with van der Waals surface area (Å²) < 4.78 is 28.8. The maximum absolute atomic E-state index is 13.8. The summed E-state index contributed by atoms with van der Waals surface area (Å²) in [5.41, 5.74) is 0.614. The van der Waals surface area contributed by atoms with Gasteiger partial charge in [-0.2, -0.15) is 5.10 Å². The number of aryl methyl sites for hydroxylation is 1. The summed E-state index contributed by atoms with van der Waals surface area (Å²) >= 11 is 0. The molecule has 1 aliphatic rings. The van der Waals surface area contributed by atoms with Crippen LogP contribution in [0.15, 0.2) is 30.7 Å². The van der Waals surface area contributed by atoms with Crippen molar-refractivity contribution in [1.82, 2.24) is 24.6 Å². The minimum Gasteiger partial charge on any atom is -0.353 e. The molecule has 4 rings (SSSR count). The smallest absolute Gasteiger partial charge is 0.241 e. The van der Waals surface area contributed by atoms with E-state index in [-0.39, 0.29) is 11.6 Å². The number of benzene rings is 1. The molecule has 1 aromatic carbocycles. The number of aromatic nitrogens is 4. The third-order valence-electron chi connectivity index (χ3n) is 5.24. The summed E-state index contributed by atoms with van der Waals surface area (Å²) in [7, 11) is 1.83. The van der Waals surface area contributed by atoms with Crippen LogP contribution in [0.4, 0.5) is 20.3 Å².